The number of hydrogen-bond acceptors (Lipinski definition) is 5. The number of nitrogens with one attached hydrogen (secondary N) is 1. The van der Waals surface area contributed by atoms with Crippen LogP contribution in [0.3, 0.4) is 0 Å². The molecule has 0 spiro atoms. The van der Waals surface area contributed by atoms with Gasteiger partial charge in [-0.15, -0.1) is 0 Å². The molecular formula is C16H22F2N2O4. The molecule has 6 nitrogen and oxygen atoms in total. The number of ether oxygens (including phenoxy) is 1. The topological polar surface area (TPSA) is 82.0 Å². The molecule has 1 aromatic rings. The monoisotopic (exact) mass is 344 g/mol. The van der Waals surface area contributed by atoms with Crippen LogP contribution in [-0.4, -0.2) is 72.5 Å². The van der Waals surface area contributed by atoms with Gasteiger partial charge in [0.1, 0.15) is 6.04 Å². The van der Waals surface area contributed by atoms with Crippen LogP contribution in [0.2, 0.25) is 0 Å². The normalized spacial score (nSPS) is 19.0. The van der Waals surface area contributed by atoms with Crippen molar-refractivity contribution in [2.45, 2.75) is 18.1 Å². The summed E-state index contributed by atoms with van der Waals surface area (Å²) in [6, 6.07) is 5.94. The van der Waals surface area contributed by atoms with Gasteiger partial charge < -0.3 is 20.3 Å². The Morgan fingerprint density at radius 1 is 1.29 bits per heavy atom. The quantitative estimate of drug-likeness (QED) is 0.645. The van der Waals surface area contributed by atoms with E-state index in [9.17, 15) is 18.7 Å². The zero-order chi connectivity index (χ0) is 17.6. The highest BCUT2D eigenvalue weighted by molar-refractivity contribution is 5.76. The lowest BCUT2D eigenvalue weighted by molar-refractivity contribution is -0.170. The third kappa shape index (κ3) is 4.94. The maximum absolute atomic E-state index is 14.0. The molecule has 1 fully saturated rings. The van der Waals surface area contributed by atoms with Crippen LogP contribution in [0.4, 0.5) is 8.78 Å². The second kappa shape index (κ2) is 8.48. The van der Waals surface area contributed by atoms with Crippen LogP contribution in [-0.2, 0) is 9.53 Å². The van der Waals surface area contributed by atoms with Crippen molar-refractivity contribution in [1.82, 2.24) is 10.2 Å². The number of benzene rings is 1. The minimum atomic E-state index is -3.99. The highest BCUT2D eigenvalue weighted by Crippen LogP contribution is 2.31. The van der Waals surface area contributed by atoms with E-state index in [1.165, 1.54) is 12.1 Å². The zero-order valence-corrected chi connectivity index (χ0v) is 13.2. The number of morpholine rings is 1. The van der Waals surface area contributed by atoms with E-state index in [0.29, 0.717) is 32.8 Å². The SMILES string of the molecule is O=C(O)C(F)(F)C(NCC(O)CN1CCOCC1)c1ccccc1. The molecule has 0 saturated carbocycles. The second-order valence-corrected chi connectivity index (χ2v) is 5.75. The van der Waals surface area contributed by atoms with Gasteiger partial charge in [0.2, 0.25) is 0 Å². The zero-order valence-electron chi connectivity index (χ0n) is 13.2. The predicted molar refractivity (Wildman–Crippen MR) is 83.0 cm³/mol. The lowest BCUT2D eigenvalue weighted by Crippen LogP contribution is -2.48. The van der Waals surface area contributed by atoms with E-state index in [4.69, 9.17) is 9.84 Å². The number of β-amino-alcohol motifs (C(OH)–C–C–N with tert-alkyl or cyclic N) is 1. The molecule has 24 heavy (non-hydrogen) atoms. The van der Waals surface area contributed by atoms with Crippen molar-refractivity contribution in [2.24, 2.45) is 0 Å². The molecule has 2 atom stereocenters. The molecule has 1 heterocycles. The first-order valence-corrected chi connectivity index (χ1v) is 7.79. The molecule has 8 heteroatoms. The first-order chi connectivity index (χ1) is 11.4. The van der Waals surface area contributed by atoms with Crippen molar-refractivity contribution in [3.63, 3.8) is 0 Å². The number of halogens is 2. The van der Waals surface area contributed by atoms with Gasteiger partial charge in [0.05, 0.1) is 19.3 Å². The van der Waals surface area contributed by atoms with Crippen molar-refractivity contribution in [2.75, 3.05) is 39.4 Å². The van der Waals surface area contributed by atoms with Crippen LogP contribution in [0.5, 0.6) is 0 Å². The lowest BCUT2D eigenvalue weighted by Gasteiger charge is -2.30. The van der Waals surface area contributed by atoms with Gasteiger partial charge >= 0.3 is 11.9 Å². The summed E-state index contributed by atoms with van der Waals surface area (Å²) in [7, 11) is 0. The van der Waals surface area contributed by atoms with Gasteiger partial charge in [-0.2, -0.15) is 8.78 Å². The summed E-state index contributed by atoms with van der Waals surface area (Å²) in [5.41, 5.74) is 0.156. The molecule has 1 aliphatic heterocycles. The predicted octanol–water partition coefficient (Wildman–Crippen LogP) is 0.730. The number of nitrogens with zero attached hydrogens (tertiary/aromatic N) is 1. The Morgan fingerprint density at radius 2 is 1.92 bits per heavy atom. The molecule has 1 aliphatic rings. The fourth-order valence-electron chi connectivity index (χ4n) is 2.62. The van der Waals surface area contributed by atoms with Gasteiger partial charge in [0.15, 0.2) is 0 Å². The summed E-state index contributed by atoms with van der Waals surface area (Å²) in [5, 5.41) is 21.4. The van der Waals surface area contributed by atoms with Gasteiger partial charge in [0, 0.05) is 26.2 Å². The summed E-state index contributed by atoms with van der Waals surface area (Å²) in [6.45, 7) is 2.67. The van der Waals surface area contributed by atoms with Gasteiger partial charge in [-0.1, -0.05) is 30.3 Å². The van der Waals surface area contributed by atoms with Crippen LogP contribution in [0.15, 0.2) is 30.3 Å². The maximum atomic E-state index is 14.0. The molecule has 1 saturated heterocycles. The Labute approximate surface area is 139 Å². The summed E-state index contributed by atoms with van der Waals surface area (Å²) >= 11 is 0. The molecule has 0 aliphatic carbocycles. The molecule has 2 unspecified atom stereocenters. The fraction of sp³-hybridized carbons (Fsp3) is 0.562. The van der Waals surface area contributed by atoms with E-state index in [-0.39, 0.29) is 12.1 Å². The largest absolute Gasteiger partial charge is 0.477 e. The molecule has 0 aromatic heterocycles. The van der Waals surface area contributed by atoms with Gasteiger partial charge in [-0.3, -0.25) is 4.90 Å². The highest BCUT2D eigenvalue weighted by atomic mass is 19.3. The van der Waals surface area contributed by atoms with E-state index >= 15 is 0 Å². The number of aliphatic hydroxyl groups excluding tert-OH is 1. The highest BCUT2D eigenvalue weighted by Gasteiger charge is 2.48. The molecule has 0 radical (unpaired) electrons. The molecule has 2 rings (SSSR count). The van der Waals surface area contributed by atoms with Crippen LogP contribution in [0.1, 0.15) is 11.6 Å². The smallest absolute Gasteiger partial charge is 0.376 e. The summed E-state index contributed by atoms with van der Waals surface area (Å²) in [4.78, 5) is 12.9. The molecule has 134 valence electrons. The number of hydrogen-bond donors (Lipinski definition) is 3. The average molecular weight is 344 g/mol. The standard InChI is InChI=1S/C16H22F2N2O4/c17-16(18,15(22)23)14(12-4-2-1-3-5-12)19-10-13(21)11-20-6-8-24-9-7-20/h1-5,13-14,19,21H,6-11H2,(H,22,23). The number of carboxylic acid groups (broad SMARTS) is 1. The van der Waals surface area contributed by atoms with Crippen LogP contribution in [0.25, 0.3) is 0 Å². The Bertz CT molecular complexity index is 524. The second-order valence-electron chi connectivity index (χ2n) is 5.75. The van der Waals surface area contributed by atoms with Crippen molar-refractivity contribution in [3.05, 3.63) is 35.9 Å². The summed E-state index contributed by atoms with van der Waals surface area (Å²) < 4.78 is 33.3. The number of carbonyl (C=O) groups is 1. The van der Waals surface area contributed by atoms with Crippen LogP contribution < -0.4 is 5.32 Å². The first kappa shape index (κ1) is 18.7. The number of alkyl halides is 2. The van der Waals surface area contributed by atoms with E-state index in [0.717, 1.165) is 0 Å². The van der Waals surface area contributed by atoms with E-state index < -0.39 is 24.0 Å². The molecular weight excluding hydrogens is 322 g/mol. The minimum absolute atomic E-state index is 0.139. The van der Waals surface area contributed by atoms with Crippen molar-refractivity contribution in [3.8, 4) is 0 Å². The van der Waals surface area contributed by atoms with Crippen molar-refractivity contribution in [1.29, 1.82) is 0 Å². The first-order valence-electron chi connectivity index (χ1n) is 7.79. The minimum Gasteiger partial charge on any atom is -0.477 e. The maximum Gasteiger partial charge on any atom is 0.376 e. The van der Waals surface area contributed by atoms with Crippen molar-refractivity contribution >= 4 is 5.97 Å². The third-order valence-corrected chi connectivity index (χ3v) is 3.91. The number of carboxylic acids is 1. The Morgan fingerprint density at radius 3 is 2.50 bits per heavy atom. The molecule has 0 amide bonds. The van der Waals surface area contributed by atoms with Crippen LogP contribution in [0, 0.1) is 0 Å². The Balaban J connectivity index is 1.99. The van der Waals surface area contributed by atoms with Gasteiger partial charge in [0.25, 0.3) is 0 Å². The lowest BCUT2D eigenvalue weighted by atomic mass is 10.00. The Hall–Kier alpha value is -1.61. The summed E-state index contributed by atoms with van der Waals surface area (Å²) in [6.07, 6.45) is -0.890. The Kier molecular flexibility index (Phi) is 6.61. The number of aliphatic hydroxyl groups is 1. The van der Waals surface area contributed by atoms with Crippen molar-refractivity contribution < 1.29 is 28.5 Å². The van der Waals surface area contributed by atoms with E-state index in [1.807, 2.05) is 4.90 Å². The van der Waals surface area contributed by atoms with Crippen LogP contribution >= 0.6 is 0 Å². The number of rotatable bonds is 8. The van der Waals surface area contributed by atoms with Gasteiger partial charge in [-0.25, -0.2) is 4.79 Å². The molecule has 1 aromatic carbocycles. The third-order valence-electron chi connectivity index (χ3n) is 3.91. The van der Waals surface area contributed by atoms with E-state index in [1.54, 1.807) is 18.2 Å². The fourth-order valence-corrected chi connectivity index (χ4v) is 2.62. The molecule has 0 bridgehead atoms. The average Bonchev–Trinajstić information content (AvgIpc) is 2.56. The molecule has 3 N–H and O–H groups in total. The van der Waals surface area contributed by atoms with Gasteiger partial charge in [-0.05, 0) is 5.56 Å². The number of aliphatic carboxylic acids is 1. The summed E-state index contributed by atoms with van der Waals surface area (Å²) in [5.74, 6) is -6.19. The van der Waals surface area contributed by atoms with E-state index in [2.05, 4.69) is 5.32 Å².